The van der Waals surface area contributed by atoms with Gasteiger partial charge in [0.25, 0.3) is 5.91 Å². The first-order valence-corrected chi connectivity index (χ1v) is 6.51. The van der Waals surface area contributed by atoms with Gasteiger partial charge in [0, 0.05) is 18.5 Å². The van der Waals surface area contributed by atoms with Crippen LogP contribution in [0, 0.1) is 0 Å². The number of nitrogens with one attached hydrogen (secondary N) is 2. The van der Waals surface area contributed by atoms with Crippen LogP contribution in [-0.2, 0) is 6.42 Å². The molecule has 0 aliphatic heterocycles. The molecule has 0 saturated carbocycles. The zero-order chi connectivity index (χ0) is 15.0. The Hall–Kier alpha value is -1.56. The van der Waals surface area contributed by atoms with Crippen LogP contribution >= 0.6 is 0 Å². The number of carbonyl (C=O) groups excluding carboxylic acids is 1. The molecular weight excluding hydrogens is 269 g/mol. The monoisotopic (exact) mass is 288 g/mol. The lowest BCUT2D eigenvalue weighted by atomic mass is 10.0. The van der Waals surface area contributed by atoms with Crippen molar-refractivity contribution >= 4 is 5.91 Å². The van der Waals surface area contributed by atoms with E-state index in [2.05, 4.69) is 10.6 Å². The molecule has 0 fully saturated rings. The van der Waals surface area contributed by atoms with Gasteiger partial charge in [-0.05, 0) is 38.1 Å². The summed E-state index contributed by atoms with van der Waals surface area (Å²) in [6.45, 7) is 0.761. The number of benzene rings is 1. The Morgan fingerprint density at radius 3 is 2.55 bits per heavy atom. The van der Waals surface area contributed by atoms with E-state index in [1.165, 1.54) is 0 Å². The molecule has 1 aromatic rings. The molecule has 1 rings (SSSR count). The number of amides is 1. The molecule has 0 spiro atoms. The number of hydrogen-bond acceptors (Lipinski definition) is 2. The second-order valence-electron chi connectivity index (χ2n) is 4.49. The highest BCUT2D eigenvalue weighted by Crippen LogP contribution is 2.20. The van der Waals surface area contributed by atoms with Crippen molar-refractivity contribution in [3.8, 4) is 0 Å². The average molecular weight is 288 g/mol. The van der Waals surface area contributed by atoms with Gasteiger partial charge in [-0.15, -0.1) is 0 Å². The van der Waals surface area contributed by atoms with Crippen LogP contribution in [0.3, 0.4) is 0 Å². The summed E-state index contributed by atoms with van der Waals surface area (Å²) in [4.78, 5) is 11.9. The van der Waals surface area contributed by atoms with Gasteiger partial charge >= 0.3 is 6.18 Å². The maximum absolute atomic E-state index is 12.0. The fourth-order valence-electron chi connectivity index (χ4n) is 1.81. The molecule has 0 bridgehead atoms. The number of likely N-dealkylation sites (N-methyl/N-ethyl adjacent to an activating group) is 1. The second kappa shape index (κ2) is 7.89. The van der Waals surface area contributed by atoms with Crippen LogP contribution in [0.2, 0.25) is 0 Å². The molecule has 0 aliphatic rings. The summed E-state index contributed by atoms with van der Waals surface area (Å²) < 4.78 is 36.0. The highest BCUT2D eigenvalue weighted by Gasteiger charge is 2.26. The van der Waals surface area contributed by atoms with Gasteiger partial charge in [0.1, 0.15) is 0 Å². The van der Waals surface area contributed by atoms with Crippen molar-refractivity contribution in [2.45, 2.75) is 25.4 Å². The third-order valence-corrected chi connectivity index (χ3v) is 2.83. The van der Waals surface area contributed by atoms with E-state index in [0.29, 0.717) is 12.0 Å². The molecule has 2 N–H and O–H groups in total. The minimum Gasteiger partial charge on any atom is -0.352 e. The smallest absolute Gasteiger partial charge is 0.352 e. The molecule has 3 nitrogen and oxygen atoms in total. The minimum atomic E-state index is -4.17. The van der Waals surface area contributed by atoms with E-state index in [1.54, 1.807) is 12.1 Å². The number of hydrogen-bond donors (Lipinski definition) is 2. The zero-order valence-electron chi connectivity index (χ0n) is 11.4. The maximum atomic E-state index is 12.0. The molecule has 6 heteroatoms. The highest BCUT2D eigenvalue weighted by molar-refractivity contribution is 5.95. The normalized spacial score (nSPS) is 11.4. The van der Waals surface area contributed by atoms with Crippen LogP contribution < -0.4 is 10.6 Å². The zero-order valence-corrected chi connectivity index (χ0v) is 11.4. The van der Waals surface area contributed by atoms with Crippen molar-refractivity contribution < 1.29 is 18.0 Å². The van der Waals surface area contributed by atoms with Crippen molar-refractivity contribution in [1.29, 1.82) is 0 Å². The van der Waals surface area contributed by atoms with Crippen LogP contribution in [0.4, 0.5) is 13.2 Å². The summed E-state index contributed by atoms with van der Waals surface area (Å²) in [6.07, 6.45) is -4.46. The Balaban J connectivity index is 2.50. The Bertz CT molecular complexity index is 433. The Labute approximate surface area is 116 Å². The maximum Gasteiger partial charge on any atom is 0.389 e. The predicted molar refractivity (Wildman–Crippen MR) is 71.7 cm³/mol. The molecular formula is C14H19F3N2O. The Morgan fingerprint density at radius 2 is 1.90 bits per heavy atom. The number of carbonyl (C=O) groups is 1. The van der Waals surface area contributed by atoms with Crippen molar-refractivity contribution in [2.24, 2.45) is 0 Å². The third-order valence-electron chi connectivity index (χ3n) is 2.83. The van der Waals surface area contributed by atoms with Crippen LogP contribution in [0.25, 0.3) is 0 Å². The fourth-order valence-corrected chi connectivity index (χ4v) is 1.81. The summed E-state index contributed by atoms with van der Waals surface area (Å²) in [7, 11) is 1.82. The number of halogens is 3. The highest BCUT2D eigenvalue weighted by atomic mass is 19.4. The first-order chi connectivity index (χ1) is 9.44. The quantitative estimate of drug-likeness (QED) is 0.757. The van der Waals surface area contributed by atoms with Gasteiger partial charge < -0.3 is 10.6 Å². The largest absolute Gasteiger partial charge is 0.389 e. The van der Waals surface area contributed by atoms with Gasteiger partial charge in [-0.1, -0.05) is 18.2 Å². The molecule has 0 saturated heterocycles. The summed E-state index contributed by atoms with van der Waals surface area (Å²) in [6, 6.07) is 7.12. The van der Waals surface area contributed by atoms with E-state index in [9.17, 15) is 18.0 Å². The molecule has 0 radical (unpaired) electrons. The van der Waals surface area contributed by atoms with Crippen molar-refractivity contribution in [3.63, 3.8) is 0 Å². The van der Waals surface area contributed by atoms with E-state index >= 15 is 0 Å². The van der Waals surface area contributed by atoms with Crippen LogP contribution in [0.5, 0.6) is 0 Å². The summed E-state index contributed by atoms with van der Waals surface area (Å²) >= 11 is 0. The summed E-state index contributed by atoms with van der Waals surface area (Å²) in [5.41, 5.74) is 1.41. The molecule has 0 atom stereocenters. The van der Waals surface area contributed by atoms with Gasteiger partial charge in [0.15, 0.2) is 0 Å². The fraction of sp³-hybridized carbons (Fsp3) is 0.500. The Morgan fingerprint density at radius 1 is 1.20 bits per heavy atom. The molecule has 0 unspecified atom stereocenters. The topological polar surface area (TPSA) is 41.1 Å². The lowest BCUT2D eigenvalue weighted by molar-refractivity contribution is -0.135. The van der Waals surface area contributed by atoms with Gasteiger partial charge in [0.05, 0.1) is 0 Å². The summed E-state index contributed by atoms with van der Waals surface area (Å²) in [5.74, 6) is -0.320. The van der Waals surface area contributed by atoms with Gasteiger partial charge in [-0.2, -0.15) is 13.2 Å². The second-order valence-corrected chi connectivity index (χ2v) is 4.49. The number of alkyl halides is 3. The van der Waals surface area contributed by atoms with Crippen molar-refractivity contribution in [1.82, 2.24) is 10.6 Å². The molecule has 1 aromatic carbocycles. The van der Waals surface area contributed by atoms with E-state index < -0.39 is 12.6 Å². The molecule has 112 valence electrons. The molecule has 0 aromatic heterocycles. The lowest BCUT2D eigenvalue weighted by Crippen LogP contribution is -2.27. The lowest BCUT2D eigenvalue weighted by Gasteiger charge is -2.10. The van der Waals surface area contributed by atoms with E-state index in [0.717, 1.165) is 12.1 Å². The standard InChI is InChI=1S/C14H19F3N2O/c1-18-10-7-11-5-2-3-6-12(11)13(20)19-9-4-8-14(15,16)17/h2-3,5-6,18H,4,7-10H2,1H3,(H,19,20). The average Bonchev–Trinajstić information content (AvgIpc) is 2.40. The van der Waals surface area contributed by atoms with Gasteiger partial charge in [-0.3, -0.25) is 4.79 Å². The van der Waals surface area contributed by atoms with Crippen LogP contribution in [0.1, 0.15) is 28.8 Å². The predicted octanol–water partition coefficient (Wildman–Crippen LogP) is 2.52. The molecule has 1 amide bonds. The Kier molecular flexibility index (Phi) is 6.51. The van der Waals surface area contributed by atoms with Crippen molar-refractivity contribution in [3.05, 3.63) is 35.4 Å². The van der Waals surface area contributed by atoms with Crippen molar-refractivity contribution in [2.75, 3.05) is 20.1 Å². The van der Waals surface area contributed by atoms with E-state index in [4.69, 9.17) is 0 Å². The van der Waals surface area contributed by atoms with Crippen LogP contribution in [0.15, 0.2) is 24.3 Å². The first-order valence-electron chi connectivity index (χ1n) is 6.51. The molecule has 0 aliphatic carbocycles. The number of rotatable bonds is 7. The third kappa shape index (κ3) is 6.06. The van der Waals surface area contributed by atoms with Crippen LogP contribution in [-0.4, -0.2) is 32.2 Å². The van der Waals surface area contributed by atoms with E-state index in [-0.39, 0.29) is 18.9 Å². The SMILES string of the molecule is CNCCc1ccccc1C(=O)NCCCC(F)(F)F. The summed E-state index contributed by atoms with van der Waals surface area (Å²) in [5, 5.41) is 5.52. The van der Waals surface area contributed by atoms with E-state index in [1.807, 2.05) is 19.2 Å². The van der Waals surface area contributed by atoms with Gasteiger partial charge in [0.2, 0.25) is 0 Å². The van der Waals surface area contributed by atoms with Gasteiger partial charge in [-0.25, -0.2) is 0 Å². The first kappa shape index (κ1) is 16.5. The molecule has 20 heavy (non-hydrogen) atoms. The minimum absolute atomic E-state index is 0.0265. The molecule has 0 heterocycles.